The number of nitrogens with one attached hydrogen (secondary N) is 2. The van der Waals surface area contributed by atoms with Gasteiger partial charge in [0.2, 0.25) is 15.9 Å². The van der Waals surface area contributed by atoms with E-state index in [0.717, 1.165) is 16.6 Å². The van der Waals surface area contributed by atoms with Crippen LogP contribution in [0.3, 0.4) is 0 Å². The number of amides is 1. The summed E-state index contributed by atoms with van der Waals surface area (Å²) in [5.41, 5.74) is 1.68. The van der Waals surface area contributed by atoms with Crippen molar-refractivity contribution in [2.45, 2.75) is 24.7 Å². The highest BCUT2D eigenvalue weighted by Gasteiger charge is 2.33. The number of rotatable bonds is 9. The molecule has 2 N–H and O–H groups in total. The Morgan fingerprint density at radius 2 is 2.00 bits per heavy atom. The van der Waals surface area contributed by atoms with Gasteiger partial charge in [-0.25, -0.2) is 8.42 Å². The lowest BCUT2D eigenvalue weighted by molar-refractivity contribution is -0.125. The first-order chi connectivity index (χ1) is 17.3. The molecule has 1 amide bonds. The van der Waals surface area contributed by atoms with Crippen LogP contribution in [0.4, 0.5) is 5.69 Å². The van der Waals surface area contributed by atoms with Crippen LogP contribution in [0.25, 0.3) is 10.9 Å². The maximum absolute atomic E-state index is 13.2. The molecular weight excluding hydrogens is 523 g/mol. The summed E-state index contributed by atoms with van der Waals surface area (Å²) in [6, 6.07) is 11.8. The van der Waals surface area contributed by atoms with Crippen molar-refractivity contribution in [1.82, 2.24) is 14.6 Å². The summed E-state index contributed by atoms with van der Waals surface area (Å²) in [5, 5.41) is 8.03. The van der Waals surface area contributed by atoms with E-state index in [1.807, 2.05) is 25.1 Å². The lowest BCUT2D eigenvalue weighted by Crippen LogP contribution is -2.46. The molecular formula is C25H28Cl2N4O4S. The molecule has 0 radical (unpaired) electrons. The van der Waals surface area contributed by atoms with Crippen LogP contribution in [0.2, 0.25) is 10.0 Å². The predicted molar refractivity (Wildman–Crippen MR) is 142 cm³/mol. The second kappa shape index (κ2) is 11.6. The fourth-order valence-corrected chi connectivity index (χ4v) is 6.26. The predicted octanol–water partition coefficient (Wildman–Crippen LogP) is 4.57. The largest absolute Gasteiger partial charge is 0.492 e. The smallest absolute Gasteiger partial charge is 0.243 e. The minimum atomic E-state index is -3.78. The maximum Gasteiger partial charge on any atom is 0.243 e. The van der Waals surface area contributed by atoms with Gasteiger partial charge in [0, 0.05) is 48.5 Å². The molecule has 1 aromatic heterocycles. The Bertz CT molecular complexity index is 1350. The summed E-state index contributed by atoms with van der Waals surface area (Å²) in [6.45, 7) is 3.65. The molecule has 1 fully saturated rings. The van der Waals surface area contributed by atoms with E-state index >= 15 is 0 Å². The molecule has 2 aromatic carbocycles. The Labute approximate surface area is 221 Å². The number of halogens is 2. The molecule has 11 heteroatoms. The zero-order chi connectivity index (χ0) is 25.7. The van der Waals surface area contributed by atoms with E-state index in [-0.39, 0.29) is 22.4 Å². The number of pyridine rings is 1. The number of nitrogens with zero attached hydrogens (tertiary/aromatic N) is 2. The number of carbonyl (C=O) groups excluding carboxylic acids is 1. The molecule has 0 bridgehead atoms. The van der Waals surface area contributed by atoms with Gasteiger partial charge in [0.15, 0.2) is 0 Å². The molecule has 3 aromatic rings. The number of hydrogen-bond donors (Lipinski definition) is 2. The average molecular weight is 551 g/mol. The van der Waals surface area contributed by atoms with Crippen molar-refractivity contribution in [2.24, 2.45) is 5.92 Å². The molecule has 36 heavy (non-hydrogen) atoms. The van der Waals surface area contributed by atoms with Crippen molar-refractivity contribution in [3.05, 3.63) is 58.7 Å². The van der Waals surface area contributed by atoms with Crippen LogP contribution >= 0.6 is 23.2 Å². The van der Waals surface area contributed by atoms with Crippen molar-refractivity contribution >= 4 is 55.7 Å². The second-order valence-corrected chi connectivity index (χ2v) is 11.2. The Kier molecular flexibility index (Phi) is 8.56. The third-order valence-electron chi connectivity index (χ3n) is 6.04. The first-order valence-corrected chi connectivity index (χ1v) is 14.0. The maximum atomic E-state index is 13.2. The van der Waals surface area contributed by atoms with Gasteiger partial charge in [-0.3, -0.25) is 9.78 Å². The molecule has 192 valence electrons. The quantitative estimate of drug-likeness (QED) is 0.378. The van der Waals surface area contributed by atoms with Crippen LogP contribution in [-0.2, 0) is 14.8 Å². The zero-order valence-corrected chi connectivity index (χ0v) is 22.2. The number of fused-ring (bicyclic) bond motifs is 1. The normalized spacial score (nSPS) is 16.6. The first kappa shape index (κ1) is 26.5. The van der Waals surface area contributed by atoms with Crippen molar-refractivity contribution in [2.75, 3.05) is 38.1 Å². The highest BCUT2D eigenvalue weighted by Crippen LogP contribution is 2.30. The molecule has 0 aliphatic carbocycles. The number of aromatic nitrogens is 1. The summed E-state index contributed by atoms with van der Waals surface area (Å²) >= 11 is 12.2. The molecule has 2 heterocycles. The third-order valence-corrected chi connectivity index (χ3v) is 8.43. The zero-order valence-electron chi connectivity index (χ0n) is 19.8. The van der Waals surface area contributed by atoms with Crippen LogP contribution in [0, 0.1) is 5.92 Å². The Hall–Kier alpha value is -2.59. The fraction of sp³-hybridized carbons (Fsp3) is 0.360. The lowest BCUT2D eigenvalue weighted by atomic mass is 9.99. The van der Waals surface area contributed by atoms with Gasteiger partial charge in [-0.1, -0.05) is 23.2 Å². The standard InChI is InChI=1S/C25H28Cl2N4O4S/c1-2-35-24-8-6-19(15-21(24)27)36(33,34)31-13-3-4-17(16-31)25(32)30-12-11-29-22-9-10-28-23-14-18(26)5-7-20(22)23/h5-10,14-15,17H,2-4,11-13,16H2,1H3,(H,28,29)(H,30,32)/t17-/m1/s1. The molecule has 0 spiro atoms. The van der Waals surface area contributed by atoms with E-state index in [1.54, 1.807) is 18.3 Å². The molecule has 1 aliphatic heterocycles. The Morgan fingerprint density at radius 3 is 2.78 bits per heavy atom. The van der Waals surface area contributed by atoms with Gasteiger partial charge in [-0.2, -0.15) is 4.31 Å². The SMILES string of the molecule is CCOc1ccc(S(=O)(=O)N2CCC[C@@H](C(=O)NCCNc3ccnc4cc(Cl)ccc34)C2)cc1Cl. The van der Waals surface area contributed by atoms with Gasteiger partial charge in [0.1, 0.15) is 5.75 Å². The molecule has 0 unspecified atom stereocenters. The number of ether oxygens (including phenoxy) is 1. The van der Waals surface area contributed by atoms with E-state index in [0.29, 0.717) is 49.9 Å². The lowest BCUT2D eigenvalue weighted by Gasteiger charge is -2.31. The summed E-state index contributed by atoms with van der Waals surface area (Å²) in [7, 11) is -3.78. The topological polar surface area (TPSA) is 101 Å². The highest BCUT2D eigenvalue weighted by molar-refractivity contribution is 7.89. The number of piperidine rings is 1. The molecule has 8 nitrogen and oxygen atoms in total. The van der Waals surface area contributed by atoms with E-state index in [9.17, 15) is 13.2 Å². The van der Waals surface area contributed by atoms with Crippen LogP contribution < -0.4 is 15.4 Å². The van der Waals surface area contributed by atoms with Crippen molar-refractivity contribution < 1.29 is 17.9 Å². The van der Waals surface area contributed by atoms with Gasteiger partial charge in [0.05, 0.1) is 28.0 Å². The van der Waals surface area contributed by atoms with Crippen LogP contribution in [0.1, 0.15) is 19.8 Å². The summed E-state index contributed by atoms with van der Waals surface area (Å²) in [5.74, 6) is -0.144. The highest BCUT2D eigenvalue weighted by atomic mass is 35.5. The minimum Gasteiger partial charge on any atom is -0.492 e. The third kappa shape index (κ3) is 6.03. The van der Waals surface area contributed by atoms with E-state index in [4.69, 9.17) is 27.9 Å². The molecule has 4 rings (SSSR count). The minimum absolute atomic E-state index is 0.0899. The molecule has 0 saturated carbocycles. The van der Waals surface area contributed by atoms with Gasteiger partial charge in [0.25, 0.3) is 0 Å². The number of benzene rings is 2. The van der Waals surface area contributed by atoms with E-state index < -0.39 is 15.9 Å². The van der Waals surface area contributed by atoms with Crippen molar-refractivity contribution in [3.63, 3.8) is 0 Å². The van der Waals surface area contributed by atoms with E-state index in [1.165, 1.54) is 16.4 Å². The molecule has 1 aliphatic rings. The molecule has 1 saturated heterocycles. The van der Waals surface area contributed by atoms with Crippen molar-refractivity contribution in [3.8, 4) is 5.75 Å². The average Bonchev–Trinajstić information content (AvgIpc) is 2.87. The number of carbonyl (C=O) groups is 1. The summed E-state index contributed by atoms with van der Waals surface area (Å²) < 4.78 is 33.1. The number of hydrogen-bond acceptors (Lipinski definition) is 6. The second-order valence-electron chi connectivity index (χ2n) is 8.47. The van der Waals surface area contributed by atoms with Crippen molar-refractivity contribution in [1.29, 1.82) is 0 Å². The summed E-state index contributed by atoms with van der Waals surface area (Å²) in [6.07, 6.45) is 2.94. The fourth-order valence-electron chi connectivity index (χ4n) is 4.24. The first-order valence-electron chi connectivity index (χ1n) is 11.8. The van der Waals surface area contributed by atoms with Gasteiger partial charge in [-0.05, 0) is 62.2 Å². The van der Waals surface area contributed by atoms with Gasteiger partial charge >= 0.3 is 0 Å². The Morgan fingerprint density at radius 1 is 1.17 bits per heavy atom. The summed E-state index contributed by atoms with van der Waals surface area (Å²) in [4.78, 5) is 17.2. The van der Waals surface area contributed by atoms with Crippen LogP contribution in [0.5, 0.6) is 5.75 Å². The number of anilines is 1. The van der Waals surface area contributed by atoms with Gasteiger partial charge < -0.3 is 15.4 Å². The van der Waals surface area contributed by atoms with E-state index in [2.05, 4.69) is 15.6 Å². The Balaban J connectivity index is 1.33. The van der Waals surface area contributed by atoms with Gasteiger partial charge in [-0.15, -0.1) is 0 Å². The van der Waals surface area contributed by atoms with Crippen LogP contribution in [-0.4, -0.2) is 56.4 Å². The molecule has 1 atom stereocenters. The monoisotopic (exact) mass is 550 g/mol. The van der Waals surface area contributed by atoms with Crippen LogP contribution in [0.15, 0.2) is 53.6 Å². The number of sulfonamides is 1.